The van der Waals surface area contributed by atoms with E-state index in [9.17, 15) is 13.2 Å². The van der Waals surface area contributed by atoms with E-state index >= 15 is 0 Å². The largest absolute Gasteiger partial charge is 0.419 e. The van der Waals surface area contributed by atoms with Gasteiger partial charge in [0.2, 0.25) is 0 Å². The van der Waals surface area contributed by atoms with Crippen molar-refractivity contribution in [2.75, 3.05) is 20.1 Å². The van der Waals surface area contributed by atoms with Crippen LogP contribution in [0.3, 0.4) is 0 Å². The SMILES string of the molecule is C=CNC1=NC=CC1C(C)/C(C)=C(\CNC)C(=C)CCN=C/C(=C\N=C)C(F)(F)F. The zero-order valence-electron chi connectivity index (χ0n) is 17.8. The van der Waals surface area contributed by atoms with E-state index in [1.807, 2.05) is 20.0 Å². The third kappa shape index (κ3) is 7.26. The van der Waals surface area contributed by atoms with Crippen LogP contribution in [0.15, 0.2) is 75.1 Å². The molecule has 0 amide bonds. The average Bonchev–Trinajstić information content (AvgIpc) is 3.14. The second-order valence-electron chi connectivity index (χ2n) is 6.86. The molecule has 5 nitrogen and oxygen atoms in total. The first-order valence-electron chi connectivity index (χ1n) is 9.54. The minimum absolute atomic E-state index is 0.0894. The van der Waals surface area contributed by atoms with Crippen LogP contribution in [0.4, 0.5) is 13.2 Å². The van der Waals surface area contributed by atoms with E-state index in [1.54, 1.807) is 12.4 Å². The van der Waals surface area contributed by atoms with Gasteiger partial charge in [0, 0.05) is 37.6 Å². The quantitative estimate of drug-likeness (QED) is 0.378. The Bertz CT molecular complexity index is 785. The van der Waals surface area contributed by atoms with Gasteiger partial charge in [0.25, 0.3) is 0 Å². The Morgan fingerprint density at radius 2 is 2.10 bits per heavy atom. The number of rotatable bonds is 11. The summed E-state index contributed by atoms with van der Waals surface area (Å²) in [7, 11) is 1.84. The Balaban J connectivity index is 2.91. The number of allylic oxidation sites excluding steroid dienone is 2. The van der Waals surface area contributed by atoms with E-state index in [4.69, 9.17) is 0 Å². The number of likely N-dealkylation sites (N-methyl/N-ethyl adjacent to an activating group) is 1. The Hall–Kier alpha value is -2.74. The first-order valence-corrected chi connectivity index (χ1v) is 9.54. The molecule has 1 rings (SSSR count). The standard InChI is InChI=1S/C22H30F3N5/c1-7-29-21-19(9-11-30-21)16(3)17(4)20(14-27-6)15(2)8-10-28-13-18(12-26-5)22(23,24)25/h7,9,11-13,16,19,27H,1-2,5,8,10,14H2,3-4,6H3,(H,29,30)/b18-12+,20-17+,28-13?. The summed E-state index contributed by atoms with van der Waals surface area (Å²) >= 11 is 0. The lowest BCUT2D eigenvalue weighted by atomic mass is 9.83. The maximum atomic E-state index is 12.8. The zero-order valence-corrected chi connectivity index (χ0v) is 17.8. The van der Waals surface area contributed by atoms with E-state index < -0.39 is 11.7 Å². The van der Waals surface area contributed by atoms with Crippen molar-refractivity contribution >= 4 is 18.8 Å². The van der Waals surface area contributed by atoms with Crippen molar-refractivity contribution in [1.29, 1.82) is 0 Å². The van der Waals surface area contributed by atoms with Crippen molar-refractivity contribution in [2.24, 2.45) is 26.8 Å². The molecule has 0 saturated carbocycles. The number of amidine groups is 1. The number of hydrogen-bond donors (Lipinski definition) is 2. The molecule has 1 aliphatic rings. The number of aliphatic imine (C=N–C) groups is 3. The van der Waals surface area contributed by atoms with Crippen LogP contribution in [0.25, 0.3) is 0 Å². The monoisotopic (exact) mass is 421 g/mol. The first-order chi connectivity index (χ1) is 14.2. The van der Waals surface area contributed by atoms with E-state index in [-0.39, 0.29) is 18.4 Å². The fraction of sp³-hybridized carbons (Fsp3) is 0.409. The maximum absolute atomic E-state index is 12.8. The fourth-order valence-corrected chi connectivity index (χ4v) is 3.09. The summed E-state index contributed by atoms with van der Waals surface area (Å²) in [6, 6.07) is 0. The van der Waals surface area contributed by atoms with Crippen molar-refractivity contribution in [1.82, 2.24) is 10.6 Å². The summed E-state index contributed by atoms with van der Waals surface area (Å²) in [6.07, 6.45) is 2.76. The number of nitrogens with one attached hydrogen (secondary N) is 2. The minimum Gasteiger partial charge on any atom is -0.350 e. The van der Waals surface area contributed by atoms with Crippen LogP contribution in [-0.4, -0.2) is 45.1 Å². The highest BCUT2D eigenvalue weighted by Gasteiger charge is 2.32. The lowest BCUT2D eigenvalue weighted by Gasteiger charge is -2.24. The topological polar surface area (TPSA) is 61.1 Å². The predicted molar refractivity (Wildman–Crippen MR) is 120 cm³/mol. The Kier molecular flexibility index (Phi) is 10.2. The smallest absolute Gasteiger partial charge is 0.350 e. The van der Waals surface area contributed by atoms with Gasteiger partial charge < -0.3 is 10.6 Å². The Morgan fingerprint density at radius 3 is 2.67 bits per heavy atom. The van der Waals surface area contributed by atoms with Crippen molar-refractivity contribution in [3.8, 4) is 0 Å². The summed E-state index contributed by atoms with van der Waals surface area (Å²) < 4.78 is 38.5. The Labute approximate surface area is 176 Å². The molecule has 1 heterocycles. The second kappa shape index (κ2) is 12.1. The van der Waals surface area contributed by atoms with E-state index in [2.05, 4.69) is 52.4 Å². The molecule has 2 N–H and O–H groups in total. The fourth-order valence-electron chi connectivity index (χ4n) is 3.09. The third-order valence-electron chi connectivity index (χ3n) is 4.88. The highest BCUT2D eigenvalue weighted by molar-refractivity contribution is 5.89. The molecule has 2 unspecified atom stereocenters. The average molecular weight is 422 g/mol. The van der Waals surface area contributed by atoms with Crippen LogP contribution < -0.4 is 10.6 Å². The molecule has 2 atom stereocenters. The minimum atomic E-state index is -4.52. The predicted octanol–water partition coefficient (Wildman–Crippen LogP) is 4.60. The zero-order chi connectivity index (χ0) is 22.7. The number of alkyl halides is 3. The van der Waals surface area contributed by atoms with Gasteiger partial charge in [-0.3, -0.25) is 9.98 Å². The summed E-state index contributed by atoms with van der Waals surface area (Å²) in [5.41, 5.74) is 2.08. The van der Waals surface area contributed by atoms with Crippen molar-refractivity contribution in [2.45, 2.75) is 26.4 Å². The van der Waals surface area contributed by atoms with Crippen molar-refractivity contribution in [3.05, 3.63) is 60.1 Å². The van der Waals surface area contributed by atoms with Crippen LogP contribution in [0.1, 0.15) is 20.3 Å². The van der Waals surface area contributed by atoms with Gasteiger partial charge in [-0.2, -0.15) is 13.2 Å². The molecule has 0 aromatic carbocycles. The van der Waals surface area contributed by atoms with Crippen LogP contribution in [0, 0.1) is 11.8 Å². The van der Waals surface area contributed by atoms with E-state index in [0.29, 0.717) is 19.2 Å². The molecular weight excluding hydrogens is 391 g/mol. The number of hydrogen-bond acceptors (Lipinski definition) is 5. The van der Waals surface area contributed by atoms with Gasteiger partial charge in [0.15, 0.2) is 0 Å². The summed E-state index contributed by atoms with van der Waals surface area (Å²) in [4.78, 5) is 11.4. The molecule has 0 radical (unpaired) electrons. The maximum Gasteiger partial charge on any atom is 0.419 e. The van der Waals surface area contributed by atoms with Gasteiger partial charge in [-0.25, -0.2) is 4.99 Å². The number of halogens is 3. The molecule has 0 saturated heterocycles. The molecule has 30 heavy (non-hydrogen) atoms. The van der Waals surface area contributed by atoms with Gasteiger partial charge in [-0.15, -0.1) is 0 Å². The summed E-state index contributed by atoms with van der Waals surface area (Å²) in [5, 5.41) is 6.21. The van der Waals surface area contributed by atoms with Gasteiger partial charge in [0.1, 0.15) is 5.84 Å². The molecular formula is C22H30F3N5. The summed E-state index contributed by atoms with van der Waals surface area (Å²) in [6.45, 7) is 15.8. The van der Waals surface area contributed by atoms with Crippen LogP contribution in [0.2, 0.25) is 0 Å². The van der Waals surface area contributed by atoms with Gasteiger partial charge in [0.05, 0.1) is 5.57 Å². The molecule has 0 aliphatic carbocycles. The molecule has 164 valence electrons. The second-order valence-corrected chi connectivity index (χ2v) is 6.86. The van der Waals surface area contributed by atoms with Gasteiger partial charge in [-0.1, -0.05) is 31.7 Å². The van der Waals surface area contributed by atoms with Gasteiger partial charge in [-0.05, 0) is 50.4 Å². The van der Waals surface area contributed by atoms with E-state index in [0.717, 1.165) is 28.8 Å². The normalized spacial score (nSPS) is 18.8. The highest BCUT2D eigenvalue weighted by Crippen LogP contribution is 2.30. The Morgan fingerprint density at radius 1 is 1.40 bits per heavy atom. The summed E-state index contributed by atoms with van der Waals surface area (Å²) in [5.74, 6) is 1.07. The molecule has 1 aliphatic heterocycles. The van der Waals surface area contributed by atoms with Crippen LogP contribution in [0.5, 0.6) is 0 Å². The highest BCUT2D eigenvalue weighted by atomic mass is 19.4. The lowest BCUT2D eigenvalue weighted by Crippen LogP contribution is -2.29. The molecule has 0 bridgehead atoms. The van der Waals surface area contributed by atoms with Crippen LogP contribution >= 0.6 is 0 Å². The molecule has 0 spiro atoms. The molecule has 0 aromatic heterocycles. The molecule has 8 heteroatoms. The first kappa shape index (κ1) is 25.3. The van der Waals surface area contributed by atoms with E-state index in [1.165, 1.54) is 0 Å². The molecule has 0 aromatic rings. The molecule has 0 fully saturated rings. The number of nitrogens with zero attached hydrogens (tertiary/aromatic N) is 3. The third-order valence-corrected chi connectivity index (χ3v) is 4.88. The van der Waals surface area contributed by atoms with Gasteiger partial charge >= 0.3 is 6.18 Å². The lowest BCUT2D eigenvalue weighted by molar-refractivity contribution is -0.0857. The van der Waals surface area contributed by atoms with Crippen molar-refractivity contribution in [3.63, 3.8) is 0 Å². The van der Waals surface area contributed by atoms with Crippen LogP contribution in [-0.2, 0) is 0 Å². The van der Waals surface area contributed by atoms with Crippen molar-refractivity contribution < 1.29 is 13.2 Å².